The molecule has 5 heteroatoms. The van der Waals surface area contributed by atoms with Gasteiger partial charge in [-0.3, -0.25) is 0 Å². The summed E-state index contributed by atoms with van der Waals surface area (Å²) in [6.07, 6.45) is -0.222. The second-order valence-electron chi connectivity index (χ2n) is 5.48. The van der Waals surface area contributed by atoms with Crippen LogP contribution < -0.4 is 0 Å². The summed E-state index contributed by atoms with van der Waals surface area (Å²) >= 11 is 0. The van der Waals surface area contributed by atoms with Crippen molar-refractivity contribution in [3.05, 3.63) is 35.4 Å². The molecule has 0 N–H and O–H groups in total. The lowest BCUT2D eigenvalue weighted by Gasteiger charge is -2.29. The van der Waals surface area contributed by atoms with Crippen molar-refractivity contribution < 1.29 is 22.6 Å². The number of benzene rings is 1. The lowest BCUT2D eigenvalue weighted by atomic mass is 10.0. The van der Waals surface area contributed by atoms with Gasteiger partial charge in [0, 0.05) is 11.5 Å². The van der Waals surface area contributed by atoms with Crippen molar-refractivity contribution in [2.45, 2.75) is 45.1 Å². The predicted octanol–water partition coefficient (Wildman–Crippen LogP) is 4.95. The van der Waals surface area contributed by atoms with Gasteiger partial charge in [0.2, 0.25) is 0 Å². The molecular formula is C16H21F3O2. The highest BCUT2D eigenvalue weighted by atomic mass is 19.4. The van der Waals surface area contributed by atoms with Gasteiger partial charge >= 0.3 is 6.18 Å². The fraction of sp³-hybridized carbons (Fsp3) is 0.625. The topological polar surface area (TPSA) is 18.5 Å². The van der Waals surface area contributed by atoms with Crippen molar-refractivity contribution in [3.8, 4) is 0 Å². The quantitative estimate of drug-likeness (QED) is 0.717. The first kappa shape index (κ1) is 16.3. The highest BCUT2D eigenvalue weighted by molar-refractivity contribution is 5.25. The number of unbranched alkanes of at least 4 members (excludes halogenated alkanes) is 2. The smallest absolute Gasteiger partial charge is 0.348 e. The minimum absolute atomic E-state index is 0.391. The molecule has 1 fully saturated rings. The summed E-state index contributed by atoms with van der Waals surface area (Å²) in [6.45, 7) is 3.37. The van der Waals surface area contributed by atoms with E-state index in [0.29, 0.717) is 24.7 Å². The Labute approximate surface area is 123 Å². The van der Waals surface area contributed by atoms with Gasteiger partial charge in [-0.05, 0) is 18.6 Å². The molecule has 0 aliphatic carbocycles. The predicted molar refractivity (Wildman–Crippen MR) is 73.7 cm³/mol. The summed E-state index contributed by atoms with van der Waals surface area (Å²) < 4.78 is 48.8. The number of rotatable bonds is 5. The normalized spacial score (nSPS) is 23.2. The summed E-state index contributed by atoms with van der Waals surface area (Å²) in [7, 11) is 0. The van der Waals surface area contributed by atoms with Gasteiger partial charge in [0.25, 0.3) is 0 Å². The number of hydrogen-bond acceptors (Lipinski definition) is 2. The van der Waals surface area contributed by atoms with Crippen LogP contribution in [0.4, 0.5) is 13.2 Å². The van der Waals surface area contributed by atoms with Crippen LogP contribution in [-0.2, 0) is 15.7 Å². The van der Waals surface area contributed by atoms with E-state index in [9.17, 15) is 13.2 Å². The van der Waals surface area contributed by atoms with E-state index in [4.69, 9.17) is 9.47 Å². The van der Waals surface area contributed by atoms with Crippen LogP contribution in [0.1, 0.15) is 50.0 Å². The minimum atomic E-state index is -4.31. The number of hydrogen-bond donors (Lipinski definition) is 0. The molecule has 0 unspecified atom stereocenters. The second kappa shape index (κ2) is 7.27. The maximum atomic E-state index is 12.5. The summed E-state index contributed by atoms with van der Waals surface area (Å²) in [4.78, 5) is 0. The van der Waals surface area contributed by atoms with Crippen LogP contribution in [0.5, 0.6) is 0 Å². The average molecular weight is 302 g/mol. The van der Waals surface area contributed by atoms with Crippen molar-refractivity contribution >= 4 is 0 Å². The first-order valence-corrected chi connectivity index (χ1v) is 7.41. The third-order valence-electron chi connectivity index (χ3n) is 3.69. The van der Waals surface area contributed by atoms with E-state index >= 15 is 0 Å². The highest BCUT2D eigenvalue weighted by Gasteiger charge is 2.31. The molecule has 0 spiro atoms. The third kappa shape index (κ3) is 4.71. The molecule has 0 atom stereocenters. The van der Waals surface area contributed by atoms with E-state index in [0.717, 1.165) is 18.6 Å². The Hall–Kier alpha value is -1.07. The van der Waals surface area contributed by atoms with E-state index < -0.39 is 18.0 Å². The summed E-state index contributed by atoms with van der Waals surface area (Å²) in [5.74, 6) is 0.391. The van der Waals surface area contributed by atoms with E-state index in [1.54, 1.807) is 0 Å². The largest absolute Gasteiger partial charge is 0.416 e. The third-order valence-corrected chi connectivity index (χ3v) is 3.69. The fourth-order valence-corrected chi connectivity index (χ4v) is 2.41. The van der Waals surface area contributed by atoms with Crippen molar-refractivity contribution in [1.29, 1.82) is 0 Å². The molecule has 0 bridgehead atoms. The minimum Gasteiger partial charge on any atom is -0.348 e. The Bertz CT molecular complexity index is 420. The fourth-order valence-electron chi connectivity index (χ4n) is 2.41. The van der Waals surface area contributed by atoms with Crippen LogP contribution >= 0.6 is 0 Å². The molecule has 1 aliphatic heterocycles. The van der Waals surface area contributed by atoms with Crippen LogP contribution in [0.25, 0.3) is 0 Å². The van der Waals surface area contributed by atoms with Crippen LogP contribution in [0.15, 0.2) is 24.3 Å². The summed E-state index contributed by atoms with van der Waals surface area (Å²) in [5.41, 5.74) is -0.0190. The van der Waals surface area contributed by atoms with Gasteiger partial charge in [0.1, 0.15) is 0 Å². The number of alkyl halides is 3. The Morgan fingerprint density at radius 1 is 1.05 bits per heavy atom. The Balaban J connectivity index is 1.85. The van der Waals surface area contributed by atoms with Crippen LogP contribution in [0, 0.1) is 5.92 Å². The second-order valence-corrected chi connectivity index (χ2v) is 5.48. The van der Waals surface area contributed by atoms with Gasteiger partial charge in [-0.25, -0.2) is 0 Å². The van der Waals surface area contributed by atoms with E-state index in [1.165, 1.54) is 31.4 Å². The molecule has 1 heterocycles. The van der Waals surface area contributed by atoms with Crippen molar-refractivity contribution in [3.63, 3.8) is 0 Å². The Morgan fingerprint density at radius 2 is 1.67 bits per heavy atom. The maximum Gasteiger partial charge on any atom is 0.416 e. The Morgan fingerprint density at radius 3 is 2.19 bits per heavy atom. The lowest BCUT2D eigenvalue weighted by Crippen LogP contribution is -2.27. The summed E-state index contributed by atoms with van der Waals surface area (Å²) in [5, 5.41) is 0. The molecule has 1 saturated heterocycles. The van der Waals surface area contributed by atoms with Crippen molar-refractivity contribution in [2.24, 2.45) is 5.92 Å². The molecular weight excluding hydrogens is 281 g/mol. The standard InChI is InChI=1S/C16H21F3O2/c1-2-3-4-5-12-10-20-15(21-11-12)13-6-8-14(9-7-13)16(17,18)19/h6-9,12,15H,2-5,10-11H2,1H3. The molecule has 0 aromatic heterocycles. The van der Waals surface area contributed by atoms with Gasteiger partial charge in [0.15, 0.2) is 6.29 Å². The van der Waals surface area contributed by atoms with Gasteiger partial charge in [-0.1, -0.05) is 38.3 Å². The van der Waals surface area contributed by atoms with Gasteiger partial charge in [0.05, 0.1) is 18.8 Å². The van der Waals surface area contributed by atoms with E-state index in [-0.39, 0.29) is 0 Å². The molecule has 0 radical (unpaired) electrons. The van der Waals surface area contributed by atoms with E-state index in [2.05, 4.69) is 6.92 Å². The first-order valence-electron chi connectivity index (χ1n) is 7.41. The average Bonchev–Trinajstić information content (AvgIpc) is 2.48. The highest BCUT2D eigenvalue weighted by Crippen LogP contribution is 2.32. The maximum absolute atomic E-state index is 12.5. The molecule has 0 amide bonds. The lowest BCUT2D eigenvalue weighted by molar-refractivity contribution is -0.206. The number of halogens is 3. The van der Waals surface area contributed by atoms with Crippen LogP contribution in [0.3, 0.4) is 0 Å². The summed E-state index contributed by atoms with van der Waals surface area (Å²) in [6, 6.07) is 4.97. The monoisotopic (exact) mass is 302 g/mol. The first-order chi connectivity index (χ1) is 10.0. The zero-order valence-corrected chi connectivity index (χ0v) is 12.2. The van der Waals surface area contributed by atoms with E-state index in [1.807, 2.05) is 0 Å². The van der Waals surface area contributed by atoms with Crippen LogP contribution in [0.2, 0.25) is 0 Å². The molecule has 2 rings (SSSR count). The molecule has 21 heavy (non-hydrogen) atoms. The van der Waals surface area contributed by atoms with Gasteiger partial charge in [-0.2, -0.15) is 13.2 Å². The van der Waals surface area contributed by atoms with Crippen molar-refractivity contribution in [2.75, 3.05) is 13.2 Å². The Kier molecular flexibility index (Phi) is 5.65. The molecule has 118 valence electrons. The zero-order valence-electron chi connectivity index (χ0n) is 12.2. The molecule has 0 saturated carbocycles. The molecule has 1 aromatic rings. The van der Waals surface area contributed by atoms with Crippen molar-refractivity contribution in [1.82, 2.24) is 0 Å². The van der Waals surface area contributed by atoms with Gasteiger partial charge in [-0.15, -0.1) is 0 Å². The SMILES string of the molecule is CCCCCC1COC(c2ccc(C(F)(F)F)cc2)OC1. The zero-order chi connectivity index (χ0) is 15.3. The molecule has 2 nitrogen and oxygen atoms in total. The number of ether oxygens (including phenoxy) is 2. The molecule has 1 aromatic carbocycles. The van der Waals surface area contributed by atoms with Crippen LogP contribution in [-0.4, -0.2) is 13.2 Å². The molecule has 1 aliphatic rings. The van der Waals surface area contributed by atoms with Gasteiger partial charge < -0.3 is 9.47 Å².